The molecule has 0 aliphatic heterocycles. The molecule has 142 valence electrons. The molecule has 0 atom stereocenters. The molecule has 0 N–H and O–H groups in total. The van der Waals surface area contributed by atoms with Gasteiger partial charge in [-0.1, -0.05) is 75.4 Å². The van der Waals surface area contributed by atoms with Gasteiger partial charge in [-0.2, -0.15) is 11.3 Å². The first-order valence-corrected chi connectivity index (χ1v) is 12.4. The molecule has 28 heavy (non-hydrogen) atoms. The van der Waals surface area contributed by atoms with Gasteiger partial charge in [0.2, 0.25) is 0 Å². The predicted molar refractivity (Wildman–Crippen MR) is 129 cm³/mol. The van der Waals surface area contributed by atoms with Crippen LogP contribution >= 0.6 is 22.7 Å². The van der Waals surface area contributed by atoms with Crippen LogP contribution in [-0.2, 0) is 6.42 Å². The van der Waals surface area contributed by atoms with E-state index in [9.17, 15) is 0 Å². The lowest BCUT2D eigenvalue weighted by Gasteiger charge is -2.07. The summed E-state index contributed by atoms with van der Waals surface area (Å²) in [4.78, 5) is 1.57. The van der Waals surface area contributed by atoms with Crippen molar-refractivity contribution in [1.82, 2.24) is 0 Å². The third-order valence-electron chi connectivity index (χ3n) is 6.07. The molecule has 0 spiro atoms. The van der Waals surface area contributed by atoms with E-state index in [0.29, 0.717) is 0 Å². The van der Waals surface area contributed by atoms with Crippen molar-refractivity contribution in [3.8, 4) is 0 Å². The quantitative estimate of drug-likeness (QED) is 0.188. The van der Waals surface area contributed by atoms with E-state index >= 15 is 0 Å². The van der Waals surface area contributed by atoms with Gasteiger partial charge in [0.15, 0.2) is 0 Å². The van der Waals surface area contributed by atoms with Gasteiger partial charge in [-0.15, -0.1) is 11.3 Å². The zero-order chi connectivity index (χ0) is 18.9. The molecule has 2 heterocycles. The lowest BCUT2D eigenvalue weighted by atomic mass is 9.96. The Bertz CT molecular complexity index is 1260. The van der Waals surface area contributed by atoms with Crippen LogP contribution in [0.15, 0.2) is 52.5 Å². The number of rotatable bonds is 7. The fourth-order valence-electron chi connectivity index (χ4n) is 4.52. The van der Waals surface area contributed by atoms with Crippen LogP contribution in [0.2, 0.25) is 0 Å². The van der Waals surface area contributed by atoms with Gasteiger partial charge in [0.1, 0.15) is 0 Å². The molecular weight excluding hydrogens is 376 g/mol. The highest BCUT2D eigenvalue weighted by atomic mass is 32.1. The topological polar surface area (TPSA) is 0 Å². The van der Waals surface area contributed by atoms with Crippen LogP contribution in [0.1, 0.15) is 50.3 Å². The highest BCUT2D eigenvalue weighted by molar-refractivity contribution is 7.11. The first kappa shape index (κ1) is 18.1. The van der Waals surface area contributed by atoms with Gasteiger partial charge in [-0.05, 0) is 61.3 Å². The molecule has 2 aromatic heterocycles. The minimum atomic E-state index is 1.23. The van der Waals surface area contributed by atoms with Crippen LogP contribution in [0, 0.1) is 0 Å². The van der Waals surface area contributed by atoms with Crippen molar-refractivity contribution in [1.29, 1.82) is 0 Å². The van der Waals surface area contributed by atoms with Crippen molar-refractivity contribution in [2.75, 3.05) is 0 Å². The summed E-state index contributed by atoms with van der Waals surface area (Å²) in [5.74, 6) is 0. The van der Waals surface area contributed by atoms with E-state index in [2.05, 4.69) is 59.5 Å². The lowest BCUT2D eigenvalue weighted by Crippen LogP contribution is -1.85. The van der Waals surface area contributed by atoms with Crippen molar-refractivity contribution in [2.45, 2.75) is 51.9 Å². The first-order valence-electron chi connectivity index (χ1n) is 10.6. The summed E-state index contributed by atoms with van der Waals surface area (Å²) >= 11 is 3.75. The molecule has 0 aliphatic carbocycles. The smallest absolute Gasteiger partial charge is 0.0124 e. The second-order valence-electron chi connectivity index (χ2n) is 7.90. The molecule has 0 unspecified atom stereocenters. The van der Waals surface area contributed by atoms with Crippen LogP contribution in [-0.4, -0.2) is 0 Å². The SMILES string of the molecule is CCCCCCCCc1scc2c1ccc1c2ccc2c3cscc3ccc21. The standard InChI is InChI=1S/C26H26S2/c1-2-3-4-5-6-7-8-26-23-14-13-20-19-10-9-18-15-27-16-24(18)21(19)11-12-22(20)25(23)17-28-26/h9-17H,2-8H2,1H3. The Morgan fingerprint density at radius 3 is 2.04 bits per heavy atom. The fourth-order valence-corrected chi connectivity index (χ4v) is 6.42. The predicted octanol–water partition coefficient (Wildman–Crippen LogP) is 9.33. The molecule has 0 fully saturated rings. The van der Waals surface area contributed by atoms with E-state index in [1.54, 1.807) is 16.2 Å². The van der Waals surface area contributed by atoms with Gasteiger partial charge in [-0.3, -0.25) is 0 Å². The number of hydrogen-bond donors (Lipinski definition) is 0. The Kier molecular flexibility index (Phi) is 5.09. The number of thiophene rings is 2. The van der Waals surface area contributed by atoms with Crippen LogP contribution in [0.25, 0.3) is 43.1 Å². The summed E-state index contributed by atoms with van der Waals surface area (Å²) < 4.78 is 0. The zero-order valence-corrected chi connectivity index (χ0v) is 18.1. The second kappa shape index (κ2) is 7.85. The average Bonchev–Trinajstić information content (AvgIpc) is 3.37. The zero-order valence-electron chi connectivity index (χ0n) is 16.5. The molecule has 3 aromatic carbocycles. The Labute approximate surface area is 174 Å². The van der Waals surface area contributed by atoms with E-state index in [4.69, 9.17) is 0 Å². The summed E-state index contributed by atoms with van der Waals surface area (Å²) in [7, 11) is 0. The lowest BCUT2D eigenvalue weighted by molar-refractivity contribution is 0.609. The molecule has 0 saturated carbocycles. The maximum atomic E-state index is 2.39. The summed E-state index contributed by atoms with van der Waals surface area (Å²) in [5, 5.41) is 18.1. The number of unbranched alkanes of at least 4 members (excludes halogenated alkanes) is 5. The minimum Gasteiger partial charge on any atom is -0.151 e. The Morgan fingerprint density at radius 1 is 0.571 bits per heavy atom. The molecule has 0 nitrogen and oxygen atoms in total. The van der Waals surface area contributed by atoms with E-state index in [0.717, 1.165) is 0 Å². The minimum absolute atomic E-state index is 1.23. The summed E-state index contributed by atoms with van der Waals surface area (Å²) in [5.41, 5.74) is 0. The van der Waals surface area contributed by atoms with E-state index in [1.165, 1.54) is 88.0 Å². The van der Waals surface area contributed by atoms with Gasteiger partial charge in [0.25, 0.3) is 0 Å². The normalized spacial score (nSPS) is 12.0. The molecule has 5 rings (SSSR count). The summed E-state index contributed by atoms with van der Waals surface area (Å²) in [6, 6.07) is 14.0. The van der Waals surface area contributed by atoms with Crippen LogP contribution < -0.4 is 0 Å². The van der Waals surface area contributed by atoms with Gasteiger partial charge in [-0.25, -0.2) is 0 Å². The van der Waals surface area contributed by atoms with Gasteiger partial charge in [0.05, 0.1) is 0 Å². The maximum absolute atomic E-state index is 2.39. The summed E-state index contributed by atoms with van der Waals surface area (Å²) in [6.07, 6.45) is 9.43. The van der Waals surface area contributed by atoms with Crippen molar-refractivity contribution in [3.05, 3.63) is 57.4 Å². The molecule has 2 heteroatoms. The maximum Gasteiger partial charge on any atom is 0.0124 e. The molecule has 0 saturated heterocycles. The van der Waals surface area contributed by atoms with Crippen molar-refractivity contribution >= 4 is 65.8 Å². The summed E-state index contributed by atoms with van der Waals surface area (Å²) in [6.45, 7) is 2.29. The Morgan fingerprint density at radius 2 is 1.21 bits per heavy atom. The molecule has 0 radical (unpaired) electrons. The van der Waals surface area contributed by atoms with Gasteiger partial charge in [0, 0.05) is 15.6 Å². The third kappa shape index (κ3) is 3.13. The van der Waals surface area contributed by atoms with Crippen molar-refractivity contribution < 1.29 is 0 Å². The van der Waals surface area contributed by atoms with Crippen LogP contribution in [0.3, 0.4) is 0 Å². The number of fused-ring (bicyclic) bond motifs is 7. The van der Waals surface area contributed by atoms with Gasteiger partial charge >= 0.3 is 0 Å². The molecule has 0 bridgehead atoms. The Balaban J connectivity index is 1.50. The molecular formula is C26H26S2. The fraction of sp³-hybridized carbons (Fsp3) is 0.308. The van der Waals surface area contributed by atoms with Gasteiger partial charge < -0.3 is 0 Å². The highest BCUT2D eigenvalue weighted by Crippen LogP contribution is 2.38. The first-order chi connectivity index (χ1) is 13.9. The van der Waals surface area contributed by atoms with E-state index in [1.807, 2.05) is 11.3 Å². The second-order valence-corrected chi connectivity index (χ2v) is 9.61. The number of aryl methyl sites for hydroxylation is 1. The highest BCUT2D eigenvalue weighted by Gasteiger charge is 2.11. The van der Waals surface area contributed by atoms with E-state index in [-0.39, 0.29) is 0 Å². The Hall–Kier alpha value is -1.90. The molecule has 0 amide bonds. The third-order valence-corrected chi connectivity index (χ3v) is 7.90. The van der Waals surface area contributed by atoms with Crippen LogP contribution in [0.4, 0.5) is 0 Å². The number of benzene rings is 3. The van der Waals surface area contributed by atoms with Crippen molar-refractivity contribution in [2.24, 2.45) is 0 Å². The number of hydrogen-bond acceptors (Lipinski definition) is 2. The van der Waals surface area contributed by atoms with E-state index < -0.39 is 0 Å². The monoisotopic (exact) mass is 402 g/mol. The van der Waals surface area contributed by atoms with Crippen molar-refractivity contribution in [3.63, 3.8) is 0 Å². The van der Waals surface area contributed by atoms with Crippen LogP contribution in [0.5, 0.6) is 0 Å². The largest absolute Gasteiger partial charge is 0.151 e. The molecule has 5 aromatic rings. The average molecular weight is 403 g/mol. The molecule has 0 aliphatic rings.